The fourth-order valence-electron chi connectivity index (χ4n) is 3.48. The van der Waals surface area contributed by atoms with Crippen molar-refractivity contribution in [3.8, 4) is 17.2 Å². The Balaban J connectivity index is 1.63. The highest BCUT2D eigenvalue weighted by Crippen LogP contribution is 2.40. The van der Waals surface area contributed by atoms with Gasteiger partial charge in [0.25, 0.3) is 5.91 Å². The van der Waals surface area contributed by atoms with E-state index in [1.54, 1.807) is 39.5 Å². The number of rotatable bonds is 6. The molecule has 3 aromatic rings. The summed E-state index contributed by atoms with van der Waals surface area (Å²) in [6, 6.07) is 9.46. The third-order valence-electron chi connectivity index (χ3n) is 5.23. The van der Waals surface area contributed by atoms with Crippen LogP contribution in [0.1, 0.15) is 35.7 Å². The fraction of sp³-hybridized carbons (Fsp3) is 0.333. The SMILES string of the molecule is COc1cc(NC(=O)c2ccc3ncn(C4CCC4)c3c2)cc(OC)c1OC. The molecule has 28 heavy (non-hydrogen) atoms. The second-order valence-electron chi connectivity index (χ2n) is 6.81. The number of anilines is 1. The Kier molecular flexibility index (Phi) is 4.81. The van der Waals surface area contributed by atoms with Gasteiger partial charge < -0.3 is 24.1 Å². The lowest BCUT2D eigenvalue weighted by Gasteiger charge is -2.27. The largest absolute Gasteiger partial charge is 0.493 e. The van der Waals surface area contributed by atoms with Gasteiger partial charge in [-0.3, -0.25) is 4.79 Å². The molecule has 146 valence electrons. The number of aromatic nitrogens is 2. The Morgan fingerprint density at radius 3 is 2.36 bits per heavy atom. The van der Waals surface area contributed by atoms with Crippen molar-refractivity contribution in [3.05, 3.63) is 42.2 Å². The van der Waals surface area contributed by atoms with Crippen molar-refractivity contribution in [3.63, 3.8) is 0 Å². The molecule has 0 aliphatic heterocycles. The van der Waals surface area contributed by atoms with Crippen LogP contribution in [0.2, 0.25) is 0 Å². The molecule has 1 heterocycles. The van der Waals surface area contributed by atoms with E-state index in [1.165, 1.54) is 6.42 Å². The van der Waals surface area contributed by atoms with Crippen molar-refractivity contribution in [2.75, 3.05) is 26.6 Å². The number of methoxy groups -OCH3 is 3. The first-order chi connectivity index (χ1) is 13.6. The molecule has 1 aliphatic carbocycles. The molecule has 0 saturated heterocycles. The molecule has 0 radical (unpaired) electrons. The van der Waals surface area contributed by atoms with E-state index in [2.05, 4.69) is 14.9 Å². The van der Waals surface area contributed by atoms with Crippen LogP contribution < -0.4 is 19.5 Å². The number of fused-ring (bicyclic) bond motifs is 1. The van der Waals surface area contributed by atoms with E-state index in [0.29, 0.717) is 34.5 Å². The molecule has 0 atom stereocenters. The van der Waals surface area contributed by atoms with E-state index in [-0.39, 0.29) is 5.91 Å². The highest BCUT2D eigenvalue weighted by molar-refractivity contribution is 6.06. The third kappa shape index (κ3) is 3.13. The summed E-state index contributed by atoms with van der Waals surface area (Å²) in [5, 5.41) is 2.91. The van der Waals surface area contributed by atoms with Gasteiger partial charge in [0.05, 0.1) is 38.7 Å². The van der Waals surface area contributed by atoms with Crippen LogP contribution in [0.5, 0.6) is 17.2 Å². The van der Waals surface area contributed by atoms with Crippen LogP contribution >= 0.6 is 0 Å². The van der Waals surface area contributed by atoms with Gasteiger partial charge in [0.1, 0.15) is 0 Å². The number of carbonyl (C=O) groups excluding carboxylic acids is 1. The Bertz CT molecular complexity index is 999. The first-order valence-electron chi connectivity index (χ1n) is 9.22. The molecular formula is C21H23N3O4. The highest BCUT2D eigenvalue weighted by atomic mass is 16.5. The molecule has 1 aliphatic rings. The zero-order valence-corrected chi connectivity index (χ0v) is 16.2. The lowest BCUT2D eigenvalue weighted by Crippen LogP contribution is -2.16. The quantitative estimate of drug-likeness (QED) is 0.697. The molecule has 0 spiro atoms. The van der Waals surface area contributed by atoms with Crippen LogP contribution in [0.25, 0.3) is 11.0 Å². The molecule has 1 N–H and O–H groups in total. The van der Waals surface area contributed by atoms with E-state index >= 15 is 0 Å². The van der Waals surface area contributed by atoms with Gasteiger partial charge in [0.15, 0.2) is 11.5 Å². The average Bonchev–Trinajstić information content (AvgIpc) is 3.08. The molecule has 4 rings (SSSR count). The third-order valence-corrected chi connectivity index (χ3v) is 5.23. The number of benzene rings is 2. The predicted octanol–water partition coefficient (Wildman–Crippen LogP) is 4.04. The topological polar surface area (TPSA) is 74.6 Å². The minimum Gasteiger partial charge on any atom is -0.493 e. The van der Waals surface area contributed by atoms with Crippen LogP contribution in [0.15, 0.2) is 36.7 Å². The monoisotopic (exact) mass is 381 g/mol. The second kappa shape index (κ2) is 7.42. The summed E-state index contributed by atoms with van der Waals surface area (Å²) in [6.45, 7) is 0. The Labute approximate surface area is 163 Å². The molecule has 2 aromatic carbocycles. The maximum atomic E-state index is 12.8. The van der Waals surface area contributed by atoms with Crippen molar-refractivity contribution >= 4 is 22.6 Å². The van der Waals surface area contributed by atoms with E-state index in [9.17, 15) is 4.79 Å². The molecule has 7 heteroatoms. The number of hydrogen-bond donors (Lipinski definition) is 1. The molecule has 0 unspecified atom stereocenters. The summed E-state index contributed by atoms with van der Waals surface area (Å²) in [5.74, 6) is 1.23. The van der Waals surface area contributed by atoms with Crippen LogP contribution in [-0.4, -0.2) is 36.8 Å². The maximum absolute atomic E-state index is 12.8. The lowest BCUT2D eigenvalue weighted by atomic mass is 9.93. The van der Waals surface area contributed by atoms with Crippen LogP contribution in [0.4, 0.5) is 5.69 Å². The smallest absolute Gasteiger partial charge is 0.255 e. The van der Waals surface area contributed by atoms with Gasteiger partial charge in [-0.25, -0.2) is 4.98 Å². The number of hydrogen-bond acceptors (Lipinski definition) is 5. The predicted molar refractivity (Wildman–Crippen MR) is 107 cm³/mol. The molecule has 1 saturated carbocycles. The van der Waals surface area contributed by atoms with Gasteiger partial charge in [0.2, 0.25) is 5.75 Å². The normalized spacial score (nSPS) is 13.8. The number of carbonyl (C=O) groups is 1. The number of nitrogens with one attached hydrogen (secondary N) is 1. The minimum atomic E-state index is -0.211. The Morgan fingerprint density at radius 2 is 1.79 bits per heavy atom. The standard InChI is InChI=1S/C21H23N3O4/c1-26-18-10-14(11-19(27-2)20(18)28-3)23-21(25)13-7-8-16-17(9-13)24(12-22-16)15-5-4-6-15/h7-12,15H,4-6H2,1-3H3,(H,23,25). The van der Waals surface area contributed by atoms with Gasteiger partial charge in [-0.05, 0) is 37.5 Å². The maximum Gasteiger partial charge on any atom is 0.255 e. The number of imidazole rings is 1. The van der Waals surface area contributed by atoms with Gasteiger partial charge in [-0.1, -0.05) is 0 Å². The highest BCUT2D eigenvalue weighted by Gasteiger charge is 2.22. The molecular weight excluding hydrogens is 358 g/mol. The summed E-state index contributed by atoms with van der Waals surface area (Å²) >= 11 is 0. The van der Waals surface area contributed by atoms with Gasteiger partial charge in [0, 0.05) is 29.4 Å². The molecule has 7 nitrogen and oxygen atoms in total. The van der Waals surface area contributed by atoms with Gasteiger partial charge in [-0.15, -0.1) is 0 Å². The first kappa shape index (κ1) is 18.2. The van der Waals surface area contributed by atoms with Crippen LogP contribution in [0.3, 0.4) is 0 Å². The second-order valence-corrected chi connectivity index (χ2v) is 6.81. The van der Waals surface area contributed by atoms with Gasteiger partial charge >= 0.3 is 0 Å². The Hall–Kier alpha value is -3.22. The van der Waals surface area contributed by atoms with Crippen molar-refractivity contribution < 1.29 is 19.0 Å². The molecule has 1 amide bonds. The zero-order chi connectivity index (χ0) is 19.7. The Morgan fingerprint density at radius 1 is 1.07 bits per heavy atom. The molecule has 1 aromatic heterocycles. The fourth-order valence-corrected chi connectivity index (χ4v) is 3.48. The van der Waals surface area contributed by atoms with E-state index in [1.807, 2.05) is 18.5 Å². The van der Waals surface area contributed by atoms with Crippen molar-refractivity contribution in [2.45, 2.75) is 25.3 Å². The van der Waals surface area contributed by atoms with Crippen LogP contribution in [0, 0.1) is 0 Å². The molecule has 0 bridgehead atoms. The summed E-state index contributed by atoms with van der Waals surface area (Å²) in [7, 11) is 4.62. The zero-order valence-electron chi connectivity index (χ0n) is 16.2. The van der Waals surface area contributed by atoms with Crippen molar-refractivity contribution in [1.82, 2.24) is 9.55 Å². The minimum absolute atomic E-state index is 0.211. The lowest BCUT2D eigenvalue weighted by molar-refractivity contribution is 0.102. The number of ether oxygens (including phenoxy) is 3. The summed E-state index contributed by atoms with van der Waals surface area (Å²) < 4.78 is 18.2. The summed E-state index contributed by atoms with van der Waals surface area (Å²) in [5.41, 5.74) is 3.02. The van der Waals surface area contributed by atoms with E-state index in [4.69, 9.17) is 14.2 Å². The summed E-state index contributed by atoms with van der Waals surface area (Å²) in [6.07, 6.45) is 5.43. The van der Waals surface area contributed by atoms with Gasteiger partial charge in [-0.2, -0.15) is 0 Å². The number of amides is 1. The van der Waals surface area contributed by atoms with Crippen LogP contribution in [-0.2, 0) is 0 Å². The van der Waals surface area contributed by atoms with Crippen molar-refractivity contribution in [1.29, 1.82) is 0 Å². The summed E-state index contributed by atoms with van der Waals surface area (Å²) in [4.78, 5) is 17.3. The number of nitrogens with zero attached hydrogens (tertiary/aromatic N) is 2. The first-order valence-corrected chi connectivity index (χ1v) is 9.22. The van der Waals surface area contributed by atoms with E-state index in [0.717, 1.165) is 23.9 Å². The van der Waals surface area contributed by atoms with E-state index < -0.39 is 0 Å². The van der Waals surface area contributed by atoms with Crippen molar-refractivity contribution in [2.24, 2.45) is 0 Å². The average molecular weight is 381 g/mol. The molecule has 1 fully saturated rings.